The van der Waals surface area contributed by atoms with Crippen LogP contribution in [-0.4, -0.2) is 21.6 Å². The number of pyridine rings is 1. The minimum atomic E-state index is -0.711. The van der Waals surface area contributed by atoms with E-state index in [-0.39, 0.29) is 0 Å². The van der Waals surface area contributed by atoms with E-state index in [1.165, 1.54) is 0 Å². The standard InChI is InChI=1S/C16H15ClN2O2/c1-21-15-6-5-12(17)8-11(15)9-14(20)13-10-19-7-3-2-4-16(19)18-13/h2-8,10,14,20H,9H2,1H3. The van der Waals surface area contributed by atoms with E-state index in [2.05, 4.69) is 4.98 Å². The van der Waals surface area contributed by atoms with Gasteiger partial charge in [-0.1, -0.05) is 17.7 Å². The lowest BCUT2D eigenvalue weighted by molar-refractivity contribution is 0.173. The third-order valence-corrected chi connectivity index (χ3v) is 3.61. The average Bonchev–Trinajstić information content (AvgIpc) is 2.91. The Labute approximate surface area is 127 Å². The highest BCUT2D eigenvalue weighted by molar-refractivity contribution is 6.30. The summed E-state index contributed by atoms with van der Waals surface area (Å²) in [5, 5.41) is 11.0. The Hall–Kier alpha value is -2.04. The highest BCUT2D eigenvalue weighted by atomic mass is 35.5. The molecule has 0 amide bonds. The summed E-state index contributed by atoms with van der Waals surface area (Å²) in [4.78, 5) is 4.43. The number of hydrogen-bond donors (Lipinski definition) is 1. The first-order chi connectivity index (χ1) is 10.2. The predicted octanol–water partition coefficient (Wildman–Crippen LogP) is 3.27. The van der Waals surface area contributed by atoms with E-state index in [4.69, 9.17) is 16.3 Å². The second kappa shape index (κ2) is 5.76. The van der Waals surface area contributed by atoms with Gasteiger partial charge in [-0.05, 0) is 35.9 Å². The SMILES string of the molecule is COc1ccc(Cl)cc1CC(O)c1cn2ccccc2n1. The molecular formula is C16H15ClN2O2. The van der Waals surface area contributed by atoms with Crippen molar-refractivity contribution < 1.29 is 9.84 Å². The Morgan fingerprint density at radius 3 is 2.95 bits per heavy atom. The lowest BCUT2D eigenvalue weighted by Gasteiger charge is -2.12. The maximum Gasteiger partial charge on any atom is 0.137 e. The van der Waals surface area contributed by atoms with Crippen LogP contribution >= 0.6 is 11.6 Å². The Morgan fingerprint density at radius 2 is 2.19 bits per heavy atom. The molecule has 5 heteroatoms. The smallest absolute Gasteiger partial charge is 0.137 e. The number of nitrogens with zero attached hydrogens (tertiary/aromatic N) is 2. The summed E-state index contributed by atoms with van der Waals surface area (Å²) in [5.41, 5.74) is 2.29. The van der Waals surface area contributed by atoms with Crippen LogP contribution in [0.5, 0.6) is 5.75 Å². The van der Waals surface area contributed by atoms with Crippen LogP contribution in [-0.2, 0) is 6.42 Å². The first-order valence-electron chi connectivity index (χ1n) is 6.61. The van der Waals surface area contributed by atoms with Gasteiger partial charge in [-0.2, -0.15) is 0 Å². The molecule has 108 valence electrons. The summed E-state index contributed by atoms with van der Waals surface area (Å²) in [6, 6.07) is 11.1. The molecule has 0 saturated heterocycles. The number of imidazole rings is 1. The van der Waals surface area contributed by atoms with Gasteiger partial charge in [0.1, 0.15) is 17.5 Å². The summed E-state index contributed by atoms with van der Waals surface area (Å²) in [5.74, 6) is 0.710. The van der Waals surface area contributed by atoms with E-state index in [1.807, 2.05) is 35.0 Å². The molecule has 0 spiro atoms. The van der Waals surface area contributed by atoms with Gasteiger partial charge in [0, 0.05) is 23.8 Å². The number of ether oxygens (including phenoxy) is 1. The molecule has 0 bridgehead atoms. The van der Waals surface area contributed by atoms with Gasteiger partial charge in [0.25, 0.3) is 0 Å². The number of hydrogen-bond acceptors (Lipinski definition) is 3. The van der Waals surface area contributed by atoms with Crippen LogP contribution < -0.4 is 4.74 Å². The lowest BCUT2D eigenvalue weighted by Crippen LogP contribution is -2.04. The maximum atomic E-state index is 10.4. The number of halogens is 1. The number of benzene rings is 1. The third-order valence-electron chi connectivity index (χ3n) is 3.38. The normalized spacial score (nSPS) is 12.5. The fraction of sp³-hybridized carbons (Fsp3) is 0.188. The van der Waals surface area contributed by atoms with Gasteiger partial charge in [-0.25, -0.2) is 4.98 Å². The topological polar surface area (TPSA) is 46.8 Å². The van der Waals surface area contributed by atoms with Crippen molar-refractivity contribution >= 4 is 17.2 Å². The molecule has 1 N–H and O–H groups in total. The van der Waals surface area contributed by atoms with E-state index in [1.54, 1.807) is 25.3 Å². The van der Waals surface area contributed by atoms with Crippen molar-refractivity contribution in [2.24, 2.45) is 0 Å². The highest BCUT2D eigenvalue weighted by Gasteiger charge is 2.15. The number of fused-ring (bicyclic) bond motifs is 1. The van der Waals surface area contributed by atoms with Crippen LogP contribution in [0.1, 0.15) is 17.4 Å². The molecular weight excluding hydrogens is 288 g/mol. The van der Waals surface area contributed by atoms with Crippen molar-refractivity contribution in [1.29, 1.82) is 0 Å². The van der Waals surface area contributed by atoms with Crippen LogP contribution in [0.2, 0.25) is 5.02 Å². The van der Waals surface area contributed by atoms with Crippen molar-refractivity contribution in [2.45, 2.75) is 12.5 Å². The summed E-state index contributed by atoms with van der Waals surface area (Å²) in [6.45, 7) is 0. The zero-order valence-electron chi connectivity index (χ0n) is 11.5. The van der Waals surface area contributed by atoms with Gasteiger partial charge in [0.15, 0.2) is 0 Å². The fourth-order valence-corrected chi connectivity index (χ4v) is 2.53. The summed E-state index contributed by atoms with van der Waals surface area (Å²) >= 11 is 6.01. The highest BCUT2D eigenvalue weighted by Crippen LogP contribution is 2.27. The first-order valence-corrected chi connectivity index (χ1v) is 6.99. The molecule has 4 nitrogen and oxygen atoms in total. The second-order valence-corrected chi connectivity index (χ2v) is 5.24. The molecule has 3 aromatic rings. The quantitative estimate of drug-likeness (QED) is 0.804. The molecule has 2 heterocycles. The van der Waals surface area contributed by atoms with Gasteiger partial charge in [0.05, 0.1) is 12.8 Å². The predicted molar refractivity (Wildman–Crippen MR) is 81.9 cm³/mol. The molecule has 21 heavy (non-hydrogen) atoms. The minimum Gasteiger partial charge on any atom is -0.496 e. The number of aromatic nitrogens is 2. The molecule has 0 fully saturated rings. The van der Waals surface area contributed by atoms with Crippen molar-refractivity contribution in [1.82, 2.24) is 9.38 Å². The Kier molecular flexibility index (Phi) is 3.82. The van der Waals surface area contributed by atoms with Gasteiger partial charge in [-0.3, -0.25) is 0 Å². The van der Waals surface area contributed by atoms with Gasteiger partial charge >= 0.3 is 0 Å². The molecule has 0 radical (unpaired) electrons. The molecule has 1 unspecified atom stereocenters. The van der Waals surface area contributed by atoms with E-state index < -0.39 is 6.10 Å². The second-order valence-electron chi connectivity index (χ2n) is 4.81. The van der Waals surface area contributed by atoms with Gasteiger partial charge in [0.2, 0.25) is 0 Å². The van der Waals surface area contributed by atoms with Gasteiger partial charge < -0.3 is 14.2 Å². The molecule has 1 atom stereocenters. The molecule has 0 saturated carbocycles. The monoisotopic (exact) mass is 302 g/mol. The Bertz CT molecular complexity index is 737. The van der Waals surface area contributed by atoms with Crippen LogP contribution in [0.25, 0.3) is 5.65 Å². The maximum absolute atomic E-state index is 10.4. The molecule has 1 aromatic carbocycles. The van der Waals surface area contributed by atoms with Gasteiger partial charge in [-0.15, -0.1) is 0 Å². The fourth-order valence-electron chi connectivity index (χ4n) is 2.33. The summed E-state index contributed by atoms with van der Waals surface area (Å²) in [6.07, 6.45) is 3.42. The Morgan fingerprint density at radius 1 is 1.33 bits per heavy atom. The number of rotatable bonds is 4. The molecule has 0 aliphatic carbocycles. The molecule has 3 rings (SSSR count). The van der Waals surface area contributed by atoms with Crippen molar-refractivity contribution in [3.05, 3.63) is 65.1 Å². The minimum absolute atomic E-state index is 0.396. The van der Waals surface area contributed by atoms with E-state index in [9.17, 15) is 5.11 Å². The van der Waals surface area contributed by atoms with Crippen molar-refractivity contribution in [3.63, 3.8) is 0 Å². The summed E-state index contributed by atoms with van der Waals surface area (Å²) in [7, 11) is 1.60. The van der Waals surface area contributed by atoms with E-state index in [0.717, 1.165) is 11.2 Å². The number of aliphatic hydroxyl groups is 1. The number of aliphatic hydroxyl groups excluding tert-OH is 1. The van der Waals surface area contributed by atoms with E-state index in [0.29, 0.717) is 22.9 Å². The first kappa shape index (κ1) is 13.9. The number of methoxy groups -OCH3 is 1. The third kappa shape index (κ3) is 2.86. The van der Waals surface area contributed by atoms with Crippen LogP contribution in [0, 0.1) is 0 Å². The average molecular weight is 303 g/mol. The largest absolute Gasteiger partial charge is 0.496 e. The summed E-state index contributed by atoms with van der Waals surface area (Å²) < 4.78 is 7.18. The van der Waals surface area contributed by atoms with Crippen LogP contribution in [0.3, 0.4) is 0 Å². The Balaban J connectivity index is 1.89. The van der Waals surface area contributed by atoms with Crippen molar-refractivity contribution in [3.8, 4) is 5.75 Å². The van der Waals surface area contributed by atoms with E-state index >= 15 is 0 Å². The lowest BCUT2D eigenvalue weighted by atomic mass is 10.1. The molecule has 0 aliphatic heterocycles. The van der Waals surface area contributed by atoms with Crippen LogP contribution in [0.15, 0.2) is 48.8 Å². The zero-order valence-corrected chi connectivity index (χ0v) is 12.3. The van der Waals surface area contributed by atoms with Crippen molar-refractivity contribution in [2.75, 3.05) is 7.11 Å². The molecule has 0 aliphatic rings. The molecule has 2 aromatic heterocycles. The zero-order chi connectivity index (χ0) is 14.8. The van der Waals surface area contributed by atoms with Crippen LogP contribution in [0.4, 0.5) is 0 Å².